The summed E-state index contributed by atoms with van der Waals surface area (Å²) in [6.45, 7) is 1.47. The highest BCUT2D eigenvalue weighted by atomic mass is 16.1. The Balaban J connectivity index is 1.85. The van der Waals surface area contributed by atoms with Crippen molar-refractivity contribution in [2.45, 2.75) is 13.1 Å². The van der Waals surface area contributed by atoms with Gasteiger partial charge in [-0.05, 0) is 35.4 Å². The van der Waals surface area contributed by atoms with Crippen LogP contribution in [0.15, 0.2) is 48.5 Å². The quantitative estimate of drug-likeness (QED) is 0.882. The highest BCUT2D eigenvalue weighted by Crippen LogP contribution is 2.06. The summed E-state index contributed by atoms with van der Waals surface area (Å²) in [4.78, 5) is 11.4. The fourth-order valence-corrected chi connectivity index (χ4v) is 1.97. The van der Waals surface area contributed by atoms with Crippen LogP contribution < -0.4 is 10.6 Å². The second kappa shape index (κ2) is 7.22. The first kappa shape index (κ1) is 14.8. The maximum Gasteiger partial charge on any atom is 0.251 e. The largest absolute Gasteiger partial charge is 0.355 e. The van der Waals surface area contributed by atoms with Gasteiger partial charge in [-0.15, -0.1) is 0 Å². The van der Waals surface area contributed by atoms with Crippen molar-refractivity contribution in [1.82, 2.24) is 10.6 Å². The van der Waals surface area contributed by atoms with Crippen molar-refractivity contribution >= 4 is 5.91 Å². The number of hydrogen-bond acceptors (Lipinski definition) is 3. The Bertz CT molecular complexity index is 639. The van der Waals surface area contributed by atoms with Crippen molar-refractivity contribution in [2.24, 2.45) is 0 Å². The van der Waals surface area contributed by atoms with Crippen molar-refractivity contribution in [3.05, 3.63) is 70.8 Å². The Kier molecular flexibility index (Phi) is 5.08. The van der Waals surface area contributed by atoms with Gasteiger partial charge in [0.1, 0.15) is 0 Å². The molecule has 2 aromatic rings. The molecule has 2 aromatic carbocycles. The predicted octanol–water partition coefficient (Wildman–Crippen LogP) is 2.21. The van der Waals surface area contributed by atoms with Crippen LogP contribution in [0.4, 0.5) is 0 Å². The summed E-state index contributed by atoms with van der Waals surface area (Å²) in [5.41, 5.74) is 3.59. The second-order valence-electron chi connectivity index (χ2n) is 4.69. The van der Waals surface area contributed by atoms with Gasteiger partial charge in [-0.25, -0.2) is 0 Å². The topological polar surface area (TPSA) is 64.9 Å². The minimum Gasteiger partial charge on any atom is -0.355 e. The van der Waals surface area contributed by atoms with Gasteiger partial charge in [0.15, 0.2) is 0 Å². The molecule has 0 spiro atoms. The number of nitrogens with one attached hydrogen (secondary N) is 2. The van der Waals surface area contributed by atoms with Gasteiger partial charge in [-0.2, -0.15) is 5.26 Å². The van der Waals surface area contributed by atoms with E-state index in [1.165, 1.54) is 0 Å². The molecule has 2 N–H and O–H groups in total. The Labute approximate surface area is 124 Å². The van der Waals surface area contributed by atoms with Gasteiger partial charge in [-0.3, -0.25) is 4.79 Å². The number of nitrogens with zero attached hydrogens (tertiary/aromatic N) is 1. The highest BCUT2D eigenvalue weighted by molar-refractivity contribution is 5.93. The SMILES string of the molecule is CNC(=O)c1ccc(CNCc2ccc(C#N)cc2)cc1. The monoisotopic (exact) mass is 279 g/mol. The third kappa shape index (κ3) is 4.16. The Morgan fingerprint density at radius 1 is 1.00 bits per heavy atom. The lowest BCUT2D eigenvalue weighted by molar-refractivity contribution is 0.0963. The molecule has 0 saturated heterocycles. The van der Waals surface area contributed by atoms with E-state index in [1.807, 2.05) is 48.5 Å². The molecular weight excluding hydrogens is 262 g/mol. The standard InChI is InChI=1S/C17H17N3O/c1-19-17(21)16-8-6-15(7-9-16)12-20-11-14-4-2-13(10-18)3-5-14/h2-9,20H,11-12H2,1H3,(H,19,21). The molecule has 0 fully saturated rings. The second-order valence-corrected chi connectivity index (χ2v) is 4.69. The lowest BCUT2D eigenvalue weighted by atomic mass is 10.1. The van der Waals surface area contributed by atoms with E-state index >= 15 is 0 Å². The molecule has 21 heavy (non-hydrogen) atoms. The molecule has 1 amide bonds. The van der Waals surface area contributed by atoms with Crippen LogP contribution in [0.5, 0.6) is 0 Å². The summed E-state index contributed by atoms with van der Waals surface area (Å²) in [5, 5.41) is 14.7. The molecule has 0 aromatic heterocycles. The molecule has 4 heteroatoms. The molecule has 0 radical (unpaired) electrons. The molecule has 106 valence electrons. The number of hydrogen-bond donors (Lipinski definition) is 2. The molecule has 0 unspecified atom stereocenters. The van der Waals surface area contributed by atoms with E-state index in [1.54, 1.807) is 7.05 Å². The van der Waals surface area contributed by atoms with Crippen LogP contribution in [0.1, 0.15) is 27.0 Å². The third-order valence-corrected chi connectivity index (χ3v) is 3.18. The van der Waals surface area contributed by atoms with E-state index in [-0.39, 0.29) is 5.91 Å². The molecule has 0 saturated carbocycles. The van der Waals surface area contributed by atoms with Gasteiger partial charge in [0.25, 0.3) is 5.91 Å². The number of nitriles is 1. The van der Waals surface area contributed by atoms with Crippen molar-refractivity contribution in [1.29, 1.82) is 5.26 Å². The first-order valence-corrected chi connectivity index (χ1v) is 6.73. The summed E-state index contributed by atoms with van der Waals surface area (Å²) in [6, 6.07) is 17.1. The maximum atomic E-state index is 11.4. The minimum absolute atomic E-state index is 0.0768. The maximum absolute atomic E-state index is 11.4. The number of carbonyl (C=O) groups excluding carboxylic acids is 1. The molecule has 4 nitrogen and oxygen atoms in total. The molecule has 2 rings (SSSR count). The van der Waals surface area contributed by atoms with Gasteiger partial charge in [0.2, 0.25) is 0 Å². The van der Waals surface area contributed by atoms with Gasteiger partial charge in [0.05, 0.1) is 11.6 Å². The number of rotatable bonds is 5. The Hall–Kier alpha value is -2.64. The zero-order chi connectivity index (χ0) is 15.1. The number of benzene rings is 2. The normalized spacial score (nSPS) is 9.90. The molecule has 0 aliphatic rings. The lowest BCUT2D eigenvalue weighted by Gasteiger charge is -2.06. The van der Waals surface area contributed by atoms with E-state index in [2.05, 4.69) is 16.7 Å². The average Bonchev–Trinajstić information content (AvgIpc) is 2.55. The summed E-state index contributed by atoms with van der Waals surface area (Å²) < 4.78 is 0. The molecule has 0 heterocycles. The fraction of sp³-hybridized carbons (Fsp3) is 0.176. The highest BCUT2D eigenvalue weighted by Gasteiger charge is 2.02. The smallest absolute Gasteiger partial charge is 0.251 e. The van der Waals surface area contributed by atoms with Crippen LogP contribution >= 0.6 is 0 Å². The zero-order valence-electron chi connectivity index (χ0n) is 11.9. The van der Waals surface area contributed by atoms with Crippen molar-refractivity contribution in [3.63, 3.8) is 0 Å². The van der Waals surface area contributed by atoms with Crippen molar-refractivity contribution in [3.8, 4) is 6.07 Å². The molecular formula is C17H17N3O. The van der Waals surface area contributed by atoms with Gasteiger partial charge in [-0.1, -0.05) is 24.3 Å². The number of carbonyl (C=O) groups is 1. The number of amides is 1. The molecule has 0 aliphatic heterocycles. The Morgan fingerprint density at radius 3 is 2.00 bits per heavy atom. The summed E-state index contributed by atoms with van der Waals surface area (Å²) in [5.74, 6) is -0.0768. The molecule has 0 atom stereocenters. The average molecular weight is 279 g/mol. The van der Waals surface area contributed by atoms with E-state index in [4.69, 9.17) is 5.26 Å². The van der Waals surface area contributed by atoms with E-state index in [9.17, 15) is 4.79 Å². The zero-order valence-corrected chi connectivity index (χ0v) is 11.9. The summed E-state index contributed by atoms with van der Waals surface area (Å²) in [6.07, 6.45) is 0. The van der Waals surface area contributed by atoms with E-state index in [0.29, 0.717) is 11.1 Å². The fourth-order valence-electron chi connectivity index (χ4n) is 1.97. The van der Waals surface area contributed by atoms with Crippen LogP contribution in [0.25, 0.3) is 0 Å². The van der Waals surface area contributed by atoms with Crippen LogP contribution in [-0.4, -0.2) is 13.0 Å². The van der Waals surface area contributed by atoms with Crippen LogP contribution in [0.3, 0.4) is 0 Å². The van der Waals surface area contributed by atoms with Crippen LogP contribution in [0, 0.1) is 11.3 Å². The van der Waals surface area contributed by atoms with Crippen LogP contribution in [-0.2, 0) is 13.1 Å². The summed E-state index contributed by atoms with van der Waals surface area (Å²) >= 11 is 0. The molecule has 0 aliphatic carbocycles. The van der Waals surface area contributed by atoms with E-state index < -0.39 is 0 Å². The molecule has 0 bridgehead atoms. The van der Waals surface area contributed by atoms with Gasteiger partial charge >= 0.3 is 0 Å². The lowest BCUT2D eigenvalue weighted by Crippen LogP contribution is -2.18. The summed E-state index contributed by atoms with van der Waals surface area (Å²) in [7, 11) is 1.62. The van der Waals surface area contributed by atoms with E-state index in [0.717, 1.165) is 24.2 Å². The van der Waals surface area contributed by atoms with Crippen molar-refractivity contribution < 1.29 is 4.79 Å². The third-order valence-electron chi connectivity index (χ3n) is 3.18. The van der Waals surface area contributed by atoms with Crippen LogP contribution in [0.2, 0.25) is 0 Å². The van der Waals surface area contributed by atoms with Gasteiger partial charge in [0, 0.05) is 25.7 Å². The first-order chi connectivity index (χ1) is 10.2. The first-order valence-electron chi connectivity index (χ1n) is 6.73. The Morgan fingerprint density at radius 2 is 1.52 bits per heavy atom. The minimum atomic E-state index is -0.0768. The van der Waals surface area contributed by atoms with Crippen molar-refractivity contribution in [2.75, 3.05) is 7.05 Å². The predicted molar refractivity (Wildman–Crippen MR) is 81.5 cm³/mol. The van der Waals surface area contributed by atoms with Gasteiger partial charge < -0.3 is 10.6 Å².